The third-order valence-electron chi connectivity index (χ3n) is 3.99. The molecule has 0 spiro atoms. The Morgan fingerprint density at radius 2 is 2.17 bits per heavy atom. The summed E-state index contributed by atoms with van der Waals surface area (Å²) in [5, 5.41) is 0. The van der Waals surface area contributed by atoms with E-state index in [0.29, 0.717) is 30.7 Å². The predicted molar refractivity (Wildman–Crippen MR) is 81.8 cm³/mol. The summed E-state index contributed by atoms with van der Waals surface area (Å²) in [6.45, 7) is 0.821. The Labute approximate surface area is 133 Å². The maximum atomic E-state index is 12.6. The lowest BCUT2D eigenvalue weighted by Crippen LogP contribution is -2.49. The van der Waals surface area contributed by atoms with Gasteiger partial charge in [0.2, 0.25) is 10.0 Å². The maximum absolute atomic E-state index is 12.6. The molecule has 0 bridgehead atoms. The van der Waals surface area contributed by atoms with Gasteiger partial charge in [-0.3, -0.25) is 4.57 Å². The lowest BCUT2D eigenvalue weighted by molar-refractivity contribution is -0.0448. The van der Waals surface area contributed by atoms with Crippen molar-refractivity contribution in [2.75, 3.05) is 20.3 Å². The summed E-state index contributed by atoms with van der Waals surface area (Å²) >= 11 is 0. The fraction of sp³-hybridized carbons (Fsp3) is 0.500. The fourth-order valence-electron chi connectivity index (χ4n) is 2.62. The van der Waals surface area contributed by atoms with E-state index in [1.165, 1.54) is 36.9 Å². The van der Waals surface area contributed by atoms with E-state index in [1.807, 2.05) is 0 Å². The lowest BCUT2D eigenvalue weighted by atomic mass is 10.1. The van der Waals surface area contributed by atoms with Gasteiger partial charge in [0.05, 0.1) is 29.2 Å². The number of fused-ring (bicyclic) bond motifs is 1. The minimum absolute atomic E-state index is 0.0720. The van der Waals surface area contributed by atoms with Crippen LogP contribution in [0.4, 0.5) is 0 Å². The number of methoxy groups -OCH3 is 1. The standard InChI is InChI=1S/C14H18N2O6S/c1-16-11-7-9(3-4-12(11)22-14(16)17)23(18,19)15-10-5-6-21-8-13(10)20-2/h3-4,7,10,13,15H,5-6,8H2,1-2H3/t10-,13-/m0/s1. The van der Waals surface area contributed by atoms with Gasteiger partial charge < -0.3 is 13.9 Å². The van der Waals surface area contributed by atoms with Crippen molar-refractivity contribution in [3.8, 4) is 0 Å². The first kappa shape index (κ1) is 16.2. The first-order valence-electron chi connectivity index (χ1n) is 7.15. The van der Waals surface area contributed by atoms with Crippen LogP contribution in [0.25, 0.3) is 11.1 Å². The average molecular weight is 342 g/mol. The van der Waals surface area contributed by atoms with Crippen LogP contribution in [0.5, 0.6) is 0 Å². The number of aromatic nitrogens is 1. The van der Waals surface area contributed by atoms with Gasteiger partial charge in [0.15, 0.2) is 5.58 Å². The molecule has 1 N–H and O–H groups in total. The molecule has 0 unspecified atom stereocenters. The molecule has 126 valence electrons. The molecule has 1 aliphatic rings. The van der Waals surface area contributed by atoms with E-state index in [2.05, 4.69) is 4.72 Å². The van der Waals surface area contributed by atoms with Gasteiger partial charge in [-0.05, 0) is 24.6 Å². The molecule has 1 aromatic heterocycles. The summed E-state index contributed by atoms with van der Waals surface area (Å²) in [6, 6.07) is 3.95. The third kappa shape index (κ3) is 3.05. The summed E-state index contributed by atoms with van der Waals surface area (Å²) in [5.41, 5.74) is 0.769. The molecule has 0 aliphatic carbocycles. The summed E-state index contributed by atoms with van der Waals surface area (Å²) in [7, 11) is -0.697. The highest BCUT2D eigenvalue weighted by atomic mass is 32.2. The van der Waals surface area contributed by atoms with E-state index in [9.17, 15) is 13.2 Å². The first-order chi connectivity index (χ1) is 10.9. The highest BCUT2D eigenvalue weighted by Gasteiger charge is 2.30. The van der Waals surface area contributed by atoms with E-state index in [-0.39, 0.29) is 17.0 Å². The number of nitrogens with one attached hydrogen (secondary N) is 1. The smallest absolute Gasteiger partial charge is 0.408 e. The minimum atomic E-state index is -3.74. The number of benzene rings is 1. The molecule has 8 nitrogen and oxygen atoms in total. The topological polar surface area (TPSA) is 99.8 Å². The first-order valence-corrected chi connectivity index (χ1v) is 8.63. The van der Waals surface area contributed by atoms with Crippen LogP contribution in [-0.2, 0) is 26.5 Å². The van der Waals surface area contributed by atoms with E-state index < -0.39 is 15.8 Å². The maximum Gasteiger partial charge on any atom is 0.419 e. The van der Waals surface area contributed by atoms with Crippen LogP contribution in [0.1, 0.15) is 6.42 Å². The number of sulfonamides is 1. The number of aryl methyl sites for hydroxylation is 1. The lowest BCUT2D eigenvalue weighted by Gasteiger charge is -2.30. The Morgan fingerprint density at radius 1 is 1.39 bits per heavy atom. The number of hydrogen-bond donors (Lipinski definition) is 1. The second kappa shape index (κ2) is 6.08. The summed E-state index contributed by atoms with van der Waals surface area (Å²) in [5.74, 6) is -0.536. The van der Waals surface area contributed by atoms with Gasteiger partial charge in [-0.25, -0.2) is 17.9 Å². The molecule has 2 aromatic rings. The molecule has 0 amide bonds. The quantitative estimate of drug-likeness (QED) is 0.853. The van der Waals surface area contributed by atoms with Gasteiger partial charge in [-0.1, -0.05) is 0 Å². The van der Waals surface area contributed by atoms with E-state index in [1.54, 1.807) is 0 Å². The Kier molecular flexibility index (Phi) is 4.28. The predicted octanol–water partition coefficient (Wildman–Crippen LogP) is 0.214. The zero-order chi connectivity index (χ0) is 16.6. The van der Waals surface area contributed by atoms with E-state index in [0.717, 1.165) is 0 Å². The average Bonchev–Trinajstić information content (AvgIpc) is 2.82. The van der Waals surface area contributed by atoms with Crippen molar-refractivity contribution in [3.63, 3.8) is 0 Å². The molecule has 3 rings (SSSR count). The second-order valence-corrected chi connectivity index (χ2v) is 7.14. The molecular weight excluding hydrogens is 324 g/mol. The van der Waals surface area contributed by atoms with Crippen LogP contribution in [-0.4, -0.2) is 45.5 Å². The van der Waals surface area contributed by atoms with Gasteiger partial charge >= 0.3 is 5.76 Å². The minimum Gasteiger partial charge on any atom is -0.408 e. The van der Waals surface area contributed by atoms with Crippen LogP contribution >= 0.6 is 0 Å². The molecule has 1 aliphatic heterocycles. The zero-order valence-corrected chi connectivity index (χ0v) is 13.6. The van der Waals surface area contributed by atoms with Crippen molar-refractivity contribution < 1.29 is 22.3 Å². The summed E-state index contributed by atoms with van der Waals surface area (Å²) < 4.78 is 44.7. The molecule has 1 aromatic carbocycles. The number of oxazole rings is 1. The monoisotopic (exact) mass is 342 g/mol. The Hall–Kier alpha value is -1.68. The molecule has 23 heavy (non-hydrogen) atoms. The molecule has 2 heterocycles. The fourth-order valence-corrected chi connectivity index (χ4v) is 3.94. The summed E-state index contributed by atoms with van der Waals surface area (Å²) in [4.78, 5) is 11.6. The van der Waals surface area contributed by atoms with Gasteiger partial charge in [0.25, 0.3) is 0 Å². The Balaban J connectivity index is 1.92. The van der Waals surface area contributed by atoms with Crippen LogP contribution < -0.4 is 10.5 Å². The largest absolute Gasteiger partial charge is 0.419 e. The van der Waals surface area contributed by atoms with Crippen LogP contribution in [0.15, 0.2) is 32.3 Å². The van der Waals surface area contributed by atoms with Gasteiger partial charge in [-0.2, -0.15) is 0 Å². The van der Waals surface area contributed by atoms with E-state index >= 15 is 0 Å². The van der Waals surface area contributed by atoms with Crippen molar-refractivity contribution >= 4 is 21.1 Å². The SMILES string of the molecule is CO[C@H]1COCC[C@@H]1NS(=O)(=O)c1ccc2oc(=O)n(C)c2c1. The normalized spacial score (nSPS) is 22.5. The second-order valence-electron chi connectivity index (χ2n) is 5.42. The molecule has 0 radical (unpaired) electrons. The molecule has 2 atom stereocenters. The Bertz CT molecular complexity index is 869. The van der Waals surface area contributed by atoms with Crippen LogP contribution in [0.2, 0.25) is 0 Å². The summed E-state index contributed by atoms with van der Waals surface area (Å²) in [6.07, 6.45) is 0.199. The number of rotatable bonds is 4. The third-order valence-corrected chi connectivity index (χ3v) is 5.47. The number of hydrogen-bond acceptors (Lipinski definition) is 6. The van der Waals surface area contributed by atoms with Gasteiger partial charge in [0, 0.05) is 20.8 Å². The molecule has 1 saturated heterocycles. The van der Waals surface area contributed by atoms with Crippen molar-refractivity contribution in [1.29, 1.82) is 0 Å². The van der Waals surface area contributed by atoms with Crippen molar-refractivity contribution in [1.82, 2.24) is 9.29 Å². The van der Waals surface area contributed by atoms with Crippen molar-refractivity contribution in [3.05, 3.63) is 28.7 Å². The van der Waals surface area contributed by atoms with Gasteiger partial charge in [-0.15, -0.1) is 0 Å². The van der Waals surface area contributed by atoms with E-state index in [4.69, 9.17) is 13.9 Å². The molecule has 9 heteroatoms. The highest BCUT2D eigenvalue weighted by Crippen LogP contribution is 2.20. The highest BCUT2D eigenvalue weighted by molar-refractivity contribution is 7.89. The molecular formula is C14H18N2O6S. The number of ether oxygens (including phenoxy) is 2. The molecule has 1 fully saturated rings. The van der Waals surface area contributed by atoms with Crippen LogP contribution in [0, 0.1) is 0 Å². The van der Waals surface area contributed by atoms with Crippen molar-refractivity contribution in [2.24, 2.45) is 7.05 Å². The number of nitrogens with zero attached hydrogens (tertiary/aromatic N) is 1. The zero-order valence-electron chi connectivity index (χ0n) is 12.8. The Morgan fingerprint density at radius 3 is 2.91 bits per heavy atom. The van der Waals surface area contributed by atoms with Crippen LogP contribution in [0.3, 0.4) is 0 Å². The molecule has 0 saturated carbocycles. The van der Waals surface area contributed by atoms with Crippen molar-refractivity contribution in [2.45, 2.75) is 23.5 Å². The van der Waals surface area contributed by atoms with Gasteiger partial charge in [0.1, 0.15) is 0 Å².